The molecule has 102 valence electrons. The Hall–Kier alpha value is -1.20. The van der Waals surface area contributed by atoms with Gasteiger partial charge in [-0.15, -0.1) is 11.8 Å². The number of carboxylic acid groups (broad SMARTS) is 1. The SMILES string of the molecule is CC1(C)CC2(NC(C(=O)O)CS2)c2ccccc2O1. The molecule has 0 amide bonds. The van der Waals surface area contributed by atoms with Gasteiger partial charge in [0.2, 0.25) is 0 Å². The van der Waals surface area contributed by atoms with Crippen molar-refractivity contribution in [3.8, 4) is 5.75 Å². The molecule has 3 rings (SSSR count). The molecule has 2 N–H and O–H groups in total. The minimum Gasteiger partial charge on any atom is -0.487 e. The second kappa shape index (κ2) is 4.15. The number of fused-ring (bicyclic) bond motifs is 2. The minimum absolute atomic E-state index is 0.304. The number of aliphatic carboxylic acids is 1. The van der Waals surface area contributed by atoms with E-state index in [9.17, 15) is 9.90 Å². The van der Waals surface area contributed by atoms with Crippen LogP contribution in [0.1, 0.15) is 25.8 Å². The van der Waals surface area contributed by atoms with Crippen LogP contribution in [0.2, 0.25) is 0 Å². The number of carbonyl (C=O) groups is 1. The molecular weight excluding hydrogens is 262 g/mol. The number of ether oxygens (including phenoxy) is 1. The van der Waals surface area contributed by atoms with Crippen molar-refractivity contribution in [3.63, 3.8) is 0 Å². The standard InChI is InChI=1S/C14H17NO3S/c1-13(2)8-14(15-10(7-19-14)12(16)17)9-5-3-4-6-11(9)18-13/h3-6,10,15H,7-8H2,1-2H3,(H,16,17). The van der Waals surface area contributed by atoms with Crippen molar-refractivity contribution in [2.75, 3.05) is 5.75 Å². The van der Waals surface area contributed by atoms with Gasteiger partial charge < -0.3 is 9.84 Å². The Bertz CT molecular complexity index is 531. The van der Waals surface area contributed by atoms with Crippen molar-refractivity contribution >= 4 is 17.7 Å². The van der Waals surface area contributed by atoms with Crippen molar-refractivity contribution in [2.45, 2.75) is 36.8 Å². The summed E-state index contributed by atoms with van der Waals surface area (Å²) in [5.41, 5.74) is 0.755. The highest BCUT2D eigenvalue weighted by atomic mass is 32.2. The van der Waals surface area contributed by atoms with E-state index < -0.39 is 12.0 Å². The number of nitrogens with one attached hydrogen (secondary N) is 1. The van der Waals surface area contributed by atoms with Gasteiger partial charge in [0, 0.05) is 17.7 Å². The smallest absolute Gasteiger partial charge is 0.321 e. The third-order valence-electron chi connectivity index (χ3n) is 3.58. The van der Waals surface area contributed by atoms with Gasteiger partial charge in [-0.3, -0.25) is 10.1 Å². The number of rotatable bonds is 1. The molecule has 2 heterocycles. The molecule has 0 radical (unpaired) electrons. The van der Waals surface area contributed by atoms with E-state index in [2.05, 4.69) is 5.32 Å². The summed E-state index contributed by atoms with van der Waals surface area (Å²) in [5, 5.41) is 12.5. The van der Waals surface area contributed by atoms with E-state index in [1.807, 2.05) is 38.1 Å². The molecule has 1 fully saturated rings. The number of para-hydroxylation sites is 1. The van der Waals surface area contributed by atoms with Crippen molar-refractivity contribution in [1.29, 1.82) is 0 Å². The Kier molecular flexibility index (Phi) is 2.80. The Labute approximate surface area is 116 Å². The molecule has 0 aliphatic carbocycles. The lowest BCUT2D eigenvalue weighted by Gasteiger charge is -2.43. The molecule has 2 aliphatic rings. The highest BCUT2D eigenvalue weighted by Crippen LogP contribution is 2.52. The molecular formula is C14H17NO3S. The van der Waals surface area contributed by atoms with E-state index in [1.165, 1.54) is 0 Å². The fourth-order valence-corrected chi connectivity index (χ4v) is 4.58. The summed E-state index contributed by atoms with van der Waals surface area (Å²) < 4.78 is 6.00. The third kappa shape index (κ3) is 2.11. The summed E-state index contributed by atoms with van der Waals surface area (Å²) in [6.45, 7) is 4.09. The predicted octanol–water partition coefficient (Wildman–Crippen LogP) is 2.19. The van der Waals surface area contributed by atoms with Gasteiger partial charge in [-0.05, 0) is 19.9 Å². The average Bonchev–Trinajstić information content (AvgIpc) is 2.72. The monoisotopic (exact) mass is 279 g/mol. The van der Waals surface area contributed by atoms with E-state index >= 15 is 0 Å². The van der Waals surface area contributed by atoms with Crippen LogP contribution in [-0.2, 0) is 9.67 Å². The van der Waals surface area contributed by atoms with Gasteiger partial charge in [0.15, 0.2) is 0 Å². The zero-order valence-corrected chi connectivity index (χ0v) is 11.8. The Morgan fingerprint density at radius 1 is 1.47 bits per heavy atom. The maximum absolute atomic E-state index is 11.2. The summed E-state index contributed by atoms with van der Waals surface area (Å²) >= 11 is 1.68. The second-order valence-electron chi connectivity index (χ2n) is 5.71. The highest BCUT2D eigenvalue weighted by Gasteiger charge is 2.51. The highest BCUT2D eigenvalue weighted by molar-refractivity contribution is 8.00. The molecule has 4 nitrogen and oxygen atoms in total. The number of thioether (sulfide) groups is 1. The molecule has 1 aromatic rings. The van der Waals surface area contributed by atoms with Crippen LogP contribution in [0.15, 0.2) is 24.3 Å². The second-order valence-corrected chi connectivity index (χ2v) is 7.03. The molecule has 0 bridgehead atoms. The van der Waals surface area contributed by atoms with Crippen molar-refractivity contribution < 1.29 is 14.6 Å². The van der Waals surface area contributed by atoms with Gasteiger partial charge >= 0.3 is 5.97 Å². The minimum atomic E-state index is -0.786. The van der Waals surface area contributed by atoms with E-state index in [0.29, 0.717) is 5.75 Å². The van der Waals surface area contributed by atoms with Crippen LogP contribution in [0.5, 0.6) is 5.75 Å². The van der Waals surface area contributed by atoms with Gasteiger partial charge in [0.05, 0.1) is 4.87 Å². The first-order valence-electron chi connectivity index (χ1n) is 6.35. The van der Waals surface area contributed by atoms with Crippen LogP contribution in [0, 0.1) is 0 Å². The van der Waals surface area contributed by atoms with Crippen molar-refractivity contribution in [3.05, 3.63) is 29.8 Å². The first-order chi connectivity index (χ1) is 8.92. The molecule has 2 atom stereocenters. The van der Waals surface area contributed by atoms with Gasteiger partial charge in [0.25, 0.3) is 0 Å². The van der Waals surface area contributed by atoms with E-state index in [1.54, 1.807) is 11.8 Å². The fourth-order valence-electron chi connectivity index (χ4n) is 2.90. The Balaban J connectivity index is 2.04. The number of carboxylic acids is 1. The lowest BCUT2D eigenvalue weighted by atomic mass is 9.88. The van der Waals surface area contributed by atoms with Crippen LogP contribution in [0.25, 0.3) is 0 Å². The Morgan fingerprint density at radius 2 is 2.21 bits per heavy atom. The van der Waals surface area contributed by atoms with Crippen LogP contribution in [-0.4, -0.2) is 28.5 Å². The summed E-state index contributed by atoms with van der Waals surface area (Å²) in [4.78, 5) is 10.8. The first kappa shape index (κ1) is 12.8. The number of hydrogen-bond donors (Lipinski definition) is 2. The quantitative estimate of drug-likeness (QED) is 0.825. The molecule has 1 saturated heterocycles. The summed E-state index contributed by atoms with van der Waals surface area (Å²) in [6, 6.07) is 7.40. The topological polar surface area (TPSA) is 58.6 Å². The molecule has 1 spiro atoms. The van der Waals surface area contributed by atoms with E-state index in [0.717, 1.165) is 17.7 Å². The first-order valence-corrected chi connectivity index (χ1v) is 7.33. The lowest BCUT2D eigenvalue weighted by molar-refractivity contribution is -0.139. The fraction of sp³-hybridized carbons (Fsp3) is 0.500. The Morgan fingerprint density at radius 3 is 2.89 bits per heavy atom. The van der Waals surface area contributed by atoms with Crippen LogP contribution < -0.4 is 10.1 Å². The molecule has 5 heteroatoms. The molecule has 2 unspecified atom stereocenters. The molecule has 1 aromatic carbocycles. The third-order valence-corrected chi connectivity index (χ3v) is 5.06. The molecule has 0 aromatic heterocycles. The molecule has 2 aliphatic heterocycles. The maximum Gasteiger partial charge on any atom is 0.321 e. The summed E-state index contributed by atoms with van der Waals surface area (Å²) in [6.07, 6.45) is 0.755. The normalized spacial score (nSPS) is 31.8. The summed E-state index contributed by atoms with van der Waals surface area (Å²) in [7, 11) is 0. The van der Waals surface area contributed by atoms with Gasteiger partial charge in [0.1, 0.15) is 17.4 Å². The van der Waals surface area contributed by atoms with E-state index in [-0.39, 0.29) is 10.5 Å². The average molecular weight is 279 g/mol. The van der Waals surface area contributed by atoms with Gasteiger partial charge in [-0.1, -0.05) is 18.2 Å². The molecule has 0 saturated carbocycles. The van der Waals surface area contributed by atoms with Crippen LogP contribution in [0.3, 0.4) is 0 Å². The zero-order chi connectivity index (χ0) is 13.7. The van der Waals surface area contributed by atoms with Crippen LogP contribution in [0.4, 0.5) is 0 Å². The largest absolute Gasteiger partial charge is 0.487 e. The van der Waals surface area contributed by atoms with E-state index in [4.69, 9.17) is 4.74 Å². The van der Waals surface area contributed by atoms with Crippen molar-refractivity contribution in [1.82, 2.24) is 5.32 Å². The predicted molar refractivity (Wildman–Crippen MR) is 74.5 cm³/mol. The number of benzene rings is 1. The molecule has 19 heavy (non-hydrogen) atoms. The zero-order valence-electron chi connectivity index (χ0n) is 11.0. The van der Waals surface area contributed by atoms with Crippen molar-refractivity contribution in [2.24, 2.45) is 0 Å². The van der Waals surface area contributed by atoms with Gasteiger partial charge in [-0.2, -0.15) is 0 Å². The maximum atomic E-state index is 11.2. The summed E-state index contributed by atoms with van der Waals surface area (Å²) in [5.74, 6) is 0.649. The van der Waals surface area contributed by atoms with Gasteiger partial charge in [-0.25, -0.2) is 0 Å². The lowest BCUT2D eigenvalue weighted by Crippen LogP contribution is -2.51. The number of hydrogen-bond acceptors (Lipinski definition) is 4. The van der Waals surface area contributed by atoms with Crippen LogP contribution >= 0.6 is 11.8 Å².